The van der Waals surface area contributed by atoms with Crippen molar-refractivity contribution in [3.63, 3.8) is 0 Å². The number of nitrogens with zero attached hydrogens (tertiary/aromatic N) is 1. The number of hydrogen-bond donors (Lipinski definition) is 1. The van der Waals surface area contributed by atoms with Crippen LogP contribution in [0.5, 0.6) is 0 Å². The number of terminal acetylenes is 1. The van der Waals surface area contributed by atoms with Crippen LogP contribution >= 0.6 is 0 Å². The fraction of sp³-hybridized carbons (Fsp3) is 0.429. The minimum atomic E-state index is -0.497. The van der Waals surface area contributed by atoms with Crippen molar-refractivity contribution in [1.82, 2.24) is 5.32 Å². The van der Waals surface area contributed by atoms with Gasteiger partial charge in [0.2, 0.25) is 0 Å². The molecule has 1 N–H and O–H groups in total. The van der Waals surface area contributed by atoms with E-state index < -0.39 is 6.09 Å². The molecule has 0 aromatic carbocycles. The highest BCUT2D eigenvalue weighted by atomic mass is 16.5. The van der Waals surface area contributed by atoms with Crippen LogP contribution in [-0.2, 0) is 4.74 Å². The molecule has 0 saturated heterocycles. The summed E-state index contributed by atoms with van der Waals surface area (Å²) < 4.78 is 4.21. The minimum absolute atomic E-state index is 0.215. The molecule has 0 rings (SSSR count). The second-order valence-corrected chi connectivity index (χ2v) is 1.27. The van der Waals surface area contributed by atoms with E-state index in [0.29, 0.717) is 0 Å². The van der Waals surface area contributed by atoms with E-state index in [1.807, 2.05) is 0 Å². The van der Waals surface area contributed by atoms with Crippen LogP contribution < -0.4 is 5.32 Å². The van der Waals surface area contributed by atoms with Crippen molar-refractivity contribution < 1.29 is 9.53 Å². The molecule has 0 aliphatic rings. The Morgan fingerprint density at radius 3 is 2.55 bits per heavy atom. The number of hydrogen-bond acceptors (Lipinski definition) is 3. The lowest BCUT2D eigenvalue weighted by Crippen LogP contribution is -2.22. The third kappa shape index (κ3) is 17.8. The molecule has 0 bridgehead atoms. The molecular weight excluding hydrogens is 144 g/mol. The molecule has 0 aromatic heterocycles. The number of nitriles is 1. The average molecular weight is 154 g/mol. The predicted molar refractivity (Wildman–Crippen MR) is 40.5 cm³/mol. The fourth-order valence-electron chi connectivity index (χ4n) is 0.195. The zero-order chi connectivity index (χ0) is 9.11. The van der Waals surface area contributed by atoms with Crippen molar-refractivity contribution in [3.8, 4) is 18.4 Å². The molecule has 0 aliphatic carbocycles. The van der Waals surface area contributed by atoms with Crippen LogP contribution in [0.2, 0.25) is 0 Å². The molecule has 1 amide bonds. The van der Waals surface area contributed by atoms with Gasteiger partial charge < -0.3 is 10.1 Å². The highest BCUT2D eigenvalue weighted by molar-refractivity contribution is 5.67. The monoisotopic (exact) mass is 154 g/mol. The van der Waals surface area contributed by atoms with E-state index in [4.69, 9.17) is 11.7 Å². The van der Waals surface area contributed by atoms with Gasteiger partial charge in [-0.3, -0.25) is 0 Å². The van der Waals surface area contributed by atoms with Crippen molar-refractivity contribution in [1.29, 1.82) is 5.26 Å². The summed E-state index contributed by atoms with van der Waals surface area (Å²) in [7, 11) is 1.28. The topological polar surface area (TPSA) is 62.1 Å². The first-order valence-corrected chi connectivity index (χ1v) is 2.79. The highest BCUT2D eigenvalue weighted by Gasteiger charge is 1.90. The van der Waals surface area contributed by atoms with Crippen LogP contribution in [0.4, 0.5) is 4.79 Å². The first-order chi connectivity index (χ1) is 5.22. The number of nitrogens with one attached hydrogen (secondary N) is 1. The summed E-state index contributed by atoms with van der Waals surface area (Å²) in [6.07, 6.45) is 4.31. The van der Waals surface area contributed by atoms with Crippen LogP contribution in [0.1, 0.15) is 6.92 Å². The van der Waals surface area contributed by atoms with E-state index in [1.165, 1.54) is 14.0 Å². The third-order valence-electron chi connectivity index (χ3n) is 0.520. The Morgan fingerprint density at radius 1 is 1.82 bits per heavy atom. The standard InChI is InChI=1S/C5H7NO2.C2H3N/c1-3-4-6-5(7)8-2;1-2-3/h1H,4H2,2H3,(H,6,7);1H3. The van der Waals surface area contributed by atoms with Crippen molar-refractivity contribution in [2.45, 2.75) is 6.92 Å². The molecule has 0 fully saturated rings. The number of ether oxygens (including phenoxy) is 1. The Morgan fingerprint density at radius 2 is 2.27 bits per heavy atom. The van der Waals surface area contributed by atoms with Gasteiger partial charge in [-0.2, -0.15) is 5.26 Å². The first-order valence-electron chi connectivity index (χ1n) is 2.79. The first kappa shape index (κ1) is 12.0. The van der Waals surface area contributed by atoms with Gasteiger partial charge >= 0.3 is 6.09 Å². The Hall–Kier alpha value is -1.68. The summed E-state index contributed by atoms with van der Waals surface area (Å²) >= 11 is 0. The van der Waals surface area contributed by atoms with E-state index in [0.717, 1.165) is 0 Å². The number of rotatable bonds is 1. The van der Waals surface area contributed by atoms with Gasteiger partial charge in [0.05, 0.1) is 19.7 Å². The number of carbonyl (C=O) groups excluding carboxylic acids is 1. The maximum atomic E-state index is 10.1. The average Bonchev–Trinajstić information content (AvgIpc) is 2.02. The van der Waals surface area contributed by atoms with E-state index in [2.05, 4.69) is 16.0 Å². The van der Waals surface area contributed by atoms with Crippen molar-refractivity contribution >= 4 is 6.09 Å². The SMILES string of the molecule is C#CCNC(=O)OC.CC#N. The van der Waals surface area contributed by atoms with E-state index in [9.17, 15) is 4.79 Å². The summed E-state index contributed by atoms with van der Waals surface area (Å²) in [5, 5.41) is 9.60. The number of alkyl carbamates (subject to hydrolysis) is 1. The summed E-state index contributed by atoms with van der Waals surface area (Å²) in [6.45, 7) is 1.65. The van der Waals surface area contributed by atoms with Gasteiger partial charge in [-0.05, 0) is 0 Å². The molecule has 0 saturated carbocycles. The van der Waals surface area contributed by atoms with Crippen LogP contribution in [0.25, 0.3) is 0 Å². The fourth-order valence-corrected chi connectivity index (χ4v) is 0.195. The lowest BCUT2D eigenvalue weighted by molar-refractivity contribution is 0.172. The second kappa shape index (κ2) is 11.2. The molecule has 11 heavy (non-hydrogen) atoms. The Kier molecular flexibility index (Phi) is 12.2. The maximum absolute atomic E-state index is 10.1. The molecule has 4 heteroatoms. The molecule has 0 heterocycles. The van der Waals surface area contributed by atoms with Crippen molar-refractivity contribution in [2.75, 3.05) is 13.7 Å². The summed E-state index contributed by atoms with van der Waals surface area (Å²) in [5.74, 6) is 2.22. The van der Waals surface area contributed by atoms with Gasteiger partial charge in [0.1, 0.15) is 0 Å². The summed E-state index contributed by atoms with van der Waals surface area (Å²) in [6, 6.07) is 1.75. The molecule has 0 aromatic rings. The summed E-state index contributed by atoms with van der Waals surface area (Å²) in [5.41, 5.74) is 0. The van der Waals surface area contributed by atoms with Gasteiger partial charge in [0, 0.05) is 6.92 Å². The largest absolute Gasteiger partial charge is 0.453 e. The van der Waals surface area contributed by atoms with Crippen LogP contribution in [0.15, 0.2) is 0 Å². The number of methoxy groups -OCH3 is 1. The maximum Gasteiger partial charge on any atom is 0.407 e. The predicted octanol–water partition coefficient (Wildman–Crippen LogP) is 0.505. The molecule has 0 unspecified atom stereocenters. The smallest absolute Gasteiger partial charge is 0.407 e. The molecule has 0 spiro atoms. The third-order valence-corrected chi connectivity index (χ3v) is 0.520. The molecule has 4 nitrogen and oxygen atoms in total. The lowest BCUT2D eigenvalue weighted by atomic mass is 10.7. The number of carbonyl (C=O) groups is 1. The van der Waals surface area contributed by atoms with Gasteiger partial charge in [0.25, 0.3) is 0 Å². The Balaban J connectivity index is 0. The van der Waals surface area contributed by atoms with Crippen LogP contribution in [0.3, 0.4) is 0 Å². The highest BCUT2D eigenvalue weighted by Crippen LogP contribution is 1.66. The quantitative estimate of drug-likeness (QED) is 0.559. The van der Waals surface area contributed by atoms with Gasteiger partial charge in [-0.25, -0.2) is 4.79 Å². The van der Waals surface area contributed by atoms with Crippen LogP contribution in [-0.4, -0.2) is 19.7 Å². The molecule has 0 atom stereocenters. The Labute approximate surface area is 66.2 Å². The molecular formula is C7H10N2O2. The molecule has 60 valence electrons. The Bertz CT molecular complexity index is 176. The molecule has 0 radical (unpaired) electrons. The zero-order valence-electron chi connectivity index (χ0n) is 6.55. The van der Waals surface area contributed by atoms with Crippen molar-refractivity contribution in [3.05, 3.63) is 0 Å². The lowest BCUT2D eigenvalue weighted by Gasteiger charge is -1.95. The van der Waals surface area contributed by atoms with E-state index in [-0.39, 0.29) is 6.54 Å². The van der Waals surface area contributed by atoms with Gasteiger partial charge in [-0.1, -0.05) is 5.92 Å². The van der Waals surface area contributed by atoms with E-state index >= 15 is 0 Å². The minimum Gasteiger partial charge on any atom is -0.453 e. The van der Waals surface area contributed by atoms with Crippen LogP contribution in [0, 0.1) is 23.7 Å². The van der Waals surface area contributed by atoms with Gasteiger partial charge in [-0.15, -0.1) is 6.42 Å². The zero-order valence-corrected chi connectivity index (χ0v) is 6.55. The summed E-state index contributed by atoms with van der Waals surface area (Å²) in [4.78, 5) is 10.1. The normalized spacial score (nSPS) is 5.82. The van der Waals surface area contributed by atoms with Gasteiger partial charge in [0.15, 0.2) is 0 Å². The number of amides is 1. The second-order valence-electron chi connectivity index (χ2n) is 1.27. The van der Waals surface area contributed by atoms with Crippen molar-refractivity contribution in [2.24, 2.45) is 0 Å². The van der Waals surface area contributed by atoms with E-state index in [1.54, 1.807) is 6.07 Å². The molecule has 0 aliphatic heterocycles.